The van der Waals surface area contributed by atoms with Crippen LogP contribution < -0.4 is 10.1 Å². The third kappa shape index (κ3) is 3.36. The van der Waals surface area contributed by atoms with Gasteiger partial charge in [-0.15, -0.1) is 0 Å². The number of halogens is 2. The second-order valence-corrected chi connectivity index (χ2v) is 10.5. The van der Waals surface area contributed by atoms with Crippen LogP contribution in [0.15, 0.2) is 42.5 Å². The number of aliphatic hydroxyl groups is 1. The molecule has 2 aliphatic heterocycles. The molecule has 0 radical (unpaired) electrons. The number of rotatable bonds is 4. The van der Waals surface area contributed by atoms with Crippen molar-refractivity contribution >= 4 is 35.2 Å². The lowest BCUT2D eigenvalue weighted by Crippen LogP contribution is -2.84. The number of hydrogen-bond acceptors (Lipinski definition) is 5. The fourth-order valence-electron chi connectivity index (χ4n) is 5.77. The highest BCUT2D eigenvalue weighted by atomic mass is 35.5. The van der Waals surface area contributed by atoms with Gasteiger partial charge in [-0.25, -0.2) is 4.79 Å². The van der Waals surface area contributed by atoms with Gasteiger partial charge in [0.25, 0.3) is 5.91 Å². The molecule has 7 nitrogen and oxygen atoms in total. The van der Waals surface area contributed by atoms with Gasteiger partial charge in [-0.2, -0.15) is 0 Å². The monoisotopic (exact) mass is 488 g/mol. The summed E-state index contributed by atoms with van der Waals surface area (Å²) in [5, 5.41) is 14.7. The second kappa shape index (κ2) is 7.26. The van der Waals surface area contributed by atoms with Gasteiger partial charge >= 0.3 is 6.09 Å². The molecule has 3 aliphatic carbocycles. The predicted molar refractivity (Wildman–Crippen MR) is 120 cm³/mol. The standard InChI is InChI=1S/C24H22Cl2N2O5/c25-14-3-1-13(2-4-14)20-9-28(22(31)33-20)24-10-23(11-24,12-24)27-21(30)19-8-17(29)16-7-15(26)5-6-18(16)32-19/h1-7,17,19-20,29H,8-12H2,(H,27,30)/t17-,19-,20?,23?,24?/m0/s1. The van der Waals surface area contributed by atoms with E-state index in [0.29, 0.717) is 47.2 Å². The highest BCUT2D eigenvalue weighted by Gasteiger charge is 2.73. The van der Waals surface area contributed by atoms with E-state index in [-0.39, 0.29) is 35.6 Å². The summed E-state index contributed by atoms with van der Waals surface area (Å²) >= 11 is 12.0. The second-order valence-electron chi connectivity index (χ2n) is 9.60. The van der Waals surface area contributed by atoms with E-state index in [9.17, 15) is 14.7 Å². The SMILES string of the molecule is O=C(NC12CC(N3CC(c4ccc(Cl)cc4)OC3=O)(C1)C2)[C@@H]1C[C@H](O)c2cc(Cl)ccc2O1. The average Bonchev–Trinajstić information content (AvgIpc) is 3.11. The molecule has 9 heteroatoms. The Balaban J connectivity index is 1.08. The minimum absolute atomic E-state index is 0.168. The van der Waals surface area contributed by atoms with Crippen molar-refractivity contribution in [3.05, 3.63) is 63.6 Å². The highest BCUT2D eigenvalue weighted by Crippen LogP contribution is 2.64. The first kappa shape index (κ1) is 21.1. The lowest BCUT2D eigenvalue weighted by Gasteiger charge is -2.72. The minimum Gasteiger partial charge on any atom is -0.480 e. The van der Waals surface area contributed by atoms with Crippen LogP contribution in [0.1, 0.15) is 49.0 Å². The average molecular weight is 489 g/mol. The number of ether oxygens (including phenoxy) is 2. The van der Waals surface area contributed by atoms with Gasteiger partial charge in [-0.1, -0.05) is 35.3 Å². The van der Waals surface area contributed by atoms with Crippen molar-refractivity contribution in [1.82, 2.24) is 10.2 Å². The van der Waals surface area contributed by atoms with E-state index in [0.717, 1.165) is 5.56 Å². The van der Waals surface area contributed by atoms with Crippen molar-refractivity contribution in [3.63, 3.8) is 0 Å². The number of nitrogens with zero attached hydrogens (tertiary/aromatic N) is 1. The maximum absolute atomic E-state index is 12.9. The van der Waals surface area contributed by atoms with Crippen LogP contribution in [0, 0.1) is 0 Å². The van der Waals surface area contributed by atoms with Gasteiger partial charge in [-0.3, -0.25) is 9.69 Å². The van der Waals surface area contributed by atoms with E-state index < -0.39 is 12.2 Å². The van der Waals surface area contributed by atoms with Crippen molar-refractivity contribution in [2.75, 3.05) is 6.54 Å². The fraction of sp³-hybridized carbons (Fsp3) is 0.417. The highest BCUT2D eigenvalue weighted by molar-refractivity contribution is 6.30. The number of cyclic esters (lactones) is 1. The minimum atomic E-state index is -0.813. The Kier molecular flexibility index (Phi) is 4.64. The third-order valence-electron chi connectivity index (χ3n) is 7.35. The molecule has 1 unspecified atom stereocenters. The molecule has 2 aromatic rings. The largest absolute Gasteiger partial charge is 0.480 e. The van der Waals surface area contributed by atoms with Crippen molar-refractivity contribution in [2.24, 2.45) is 0 Å². The molecule has 1 saturated heterocycles. The van der Waals surface area contributed by atoms with E-state index >= 15 is 0 Å². The van der Waals surface area contributed by atoms with Crippen LogP contribution >= 0.6 is 23.2 Å². The Morgan fingerprint density at radius 2 is 1.76 bits per heavy atom. The number of fused-ring (bicyclic) bond motifs is 1. The number of aliphatic hydroxyl groups excluding tert-OH is 1. The predicted octanol–water partition coefficient (Wildman–Crippen LogP) is 4.16. The summed E-state index contributed by atoms with van der Waals surface area (Å²) in [6.45, 7) is 0.488. The zero-order valence-corrected chi connectivity index (χ0v) is 19.1. The summed E-state index contributed by atoms with van der Waals surface area (Å²) in [6, 6.07) is 12.3. The molecule has 3 atom stereocenters. The van der Waals surface area contributed by atoms with Crippen LogP contribution in [0.4, 0.5) is 4.79 Å². The number of carbonyl (C=O) groups excluding carboxylic acids is 2. The van der Waals surface area contributed by atoms with Gasteiger partial charge in [-0.05, 0) is 55.2 Å². The van der Waals surface area contributed by atoms with Crippen LogP contribution in [0.2, 0.25) is 10.0 Å². The molecule has 2 bridgehead atoms. The molecule has 2 amide bonds. The number of hydrogen-bond donors (Lipinski definition) is 2. The Hall–Kier alpha value is -2.48. The van der Waals surface area contributed by atoms with Crippen LogP contribution in [-0.2, 0) is 9.53 Å². The van der Waals surface area contributed by atoms with Crippen molar-refractivity contribution < 1.29 is 24.2 Å². The Morgan fingerprint density at radius 3 is 2.48 bits per heavy atom. The van der Waals surface area contributed by atoms with Crippen LogP contribution in [0.3, 0.4) is 0 Å². The molecular formula is C24H22Cl2N2O5. The van der Waals surface area contributed by atoms with Gasteiger partial charge in [0.05, 0.1) is 18.2 Å². The Labute approximate surface area is 200 Å². The maximum atomic E-state index is 12.9. The molecule has 2 N–H and O–H groups in total. The number of nitrogens with one attached hydrogen (secondary N) is 1. The molecule has 2 heterocycles. The summed E-state index contributed by atoms with van der Waals surface area (Å²) in [7, 11) is 0. The first-order chi connectivity index (χ1) is 15.8. The van der Waals surface area contributed by atoms with Crippen LogP contribution in [-0.4, -0.2) is 45.7 Å². The third-order valence-corrected chi connectivity index (χ3v) is 7.83. The summed E-state index contributed by atoms with van der Waals surface area (Å²) in [6.07, 6.45) is 0.0165. The lowest BCUT2D eigenvalue weighted by atomic mass is 9.43. The molecule has 4 fully saturated rings. The van der Waals surface area contributed by atoms with Gasteiger partial charge in [0, 0.05) is 27.6 Å². The molecule has 5 aliphatic rings. The smallest absolute Gasteiger partial charge is 0.411 e. The summed E-state index contributed by atoms with van der Waals surface area (Å²) in [5.74, 6) is 0.228. The van der Waals surface area contributed by atoms with Gasteiger partial charge in [0.15, 0.2) is 6.10 Å². The molecule has 172 valence electrons. The molecular weight excluding hydrogens is 467 g/mol. The molecule has 2 aromatic carbocycles. The van der Waals surface area contributed by atoms with E-state index in [2.05, 4.69) is 5.32 Å². The van der Waals surface area contributed by atoms with Crippen molar-refractivity contribution in [3.8, 4) is 5.75 Å². The molecule has 7 rings (SSSR count). The quantitative estimate of drug-likeness (QED) is 0.674. The van der Waals surface area contributed by atoms with E-state index in [1.165, 1.54) is 0 Å². The molecule has 0 spiro atoms. The van der Waals surface area contributed by atoms with Crippen molar-refractivity contribution in [2.45, 2.75) is 55.1 Å². The number of amides is 2. The maximum Gasteiger partial charge on any atom is 0.411 e. The summed E-state index contributed by atoms with van der Waals surface area (Å²) < 4.78 is 11.4. The van der Waals surface area contributed by atoms with Gasteiger partial charge < -0.3 is 19.9 Å². The Morgan fingerprint density at radius 1 is 1.06 bits per heavy atom. The number of benzene rings is 2. The fourth-order valence-corrected chi connectivity index (χ4v) is 6.08. The normalized spacial score (nSPS) is 33.8. The van der Waals surface area contributed by atoms with Gasteiger partial charge in [0.1, 0.15) is 11.9 Å². The van der Waals surface area contributed by atoms with E-state index in [1.807, 2.05) is 12.1 Å². The zero-order chi connectivity index (χ0) is 23.0. The first-order valence-electron chi connectivity index (χ1n) is 11.0. The first-order valence-corrected chi connectivity index (χ1v) is 11.7. The summed E-state index contributed by atoms with van der Waals surface area (Å²) in [5.41, 5.74) is 0.921. The molecule has 0 aromatic heterocycles. The molecule has 3 saturated carbocycles. The lowest BCUT2D eigenvalue weighted by molar-refractivity contribution is -0.170. The van der Waals surface area contributed by atoms with Crippen molar-refractivity contribution in [1.29, 1.82) is 0 Å². The van der Waals surface area contributed by atoms with E-state index in [4.69, 9.17) is 32.7 Å². The number of carbonyl (C=O) groups is 2. The topological polar surface area (TPSA) is 88.1 Å². The van der Waals surface area contributed by atoms with E-state index in [1.54, 1.807) is 35.2 Å². The molecule has 33 heavy (non-hydrogen) atoms. The van der Waals surface area contributed by atoms with Gasteiger partial charge in [0.2, 0.25) is 0 Å². The van der Waals surface area contributed by atoms with Crippen LogP contribution in [0.25, 0.3) is 0 Å². The summed E-state index contributed by atoms with van der Waals surface area (Å²) in [4.78, 5) is 27.3. The van der Waals surface area contributed by atoms with Crippen LogP contribution in [0.5, 0.6) is 5.75 Å². The Bertz CT molecular complexity index is 1130. The zero-order valence-electron chi connectivity index (χ0n) is 17.6.